The van der Waals surface area contributed by atoms with Crippen LogP contribution in [0.4, 0.5) is 13.2 Å². The summed E-state index contributed by atoms with van der Waals surface area (Å²) in [6.07, 6.45) is 0.280. The van der Waals surface area contributed by atoms with Gasteiger partial charge in [0.05, 0.1) is 0 Å². The number of benzene rings is 2. The van der Waals surface area contributed by atoms with Gasteiger partial charge in [-0.25, -0.2) is 13.2 Å². The van der Waals surface area contributed by atoms with Crippen LogP contribution >= 0.6 is 11.6 Å². The summed E-state index contributed by atoms with van der Waals surface area (Å²) in [4.78, 5) is 0. The van der Waals surface area contributed by atoms with Crippen molar-refractivity contribution in [1.82, 2.24) is 0 Å². The predicted molar refractivity (Wildman–Crippen MR) is 68.4 cm³/mol. The molecule has 0 saturated carbocycles. The van der Waals surface area contributed by atoms with Crippen molar-refractivity contribution in [3.63, 3.8) is 0 Å². The molecule has 19 heavy (non-hydrogen) atoms. The Balaban J connectivity index is 2.25. The first-order valence-electron chi connectivity index (χ1n) is 5.62. The summed E-state index contributed by atoms with van der Waals surface area (Å²) in [6, 6.07) is 8.17. The molecule has 1 nitrogen and oxygen atoms in total. The van der Waals surface area contributed by atoms with Crippen LogP contribution in [0.15, 0.2) is 36.4 Å². The molecule has 0 amide bonds. The van der Waals surface area contributed by atoms with Crippen molar-refractivity contribution in [3.8, 4) is 0 Å². The molecular weight excluding hydrogens is 275 g/mol. The van der Waals surface area contributed by atoms with E-state index in [9.17, 15) is 13.2 Å². The fourth-order valence-corrected chi connectivity index (χ4v) is 2.07. The molecule has 2 aromatic carbocycles. The van der Waals surface area contributed by atoms with Crippen molar-refractivity contribution in [1.29, 1.82) is 0 Å². The number of hydrogen-bond acceptors (Lipinski definition) is 1. The summed E-state index contributed by atoms with van der Waals surface area (Å²) < 4.78 is 39.5. The summed E-state index contributed by atoms with van der Waals surface area (Å²) in [5, 5.41) is 0.537. The molecule has 2 rings (SSSR count). The second-order valence-electron chi connectivity index (χ2n) is 4.21. The highest BCUT2D eigenvalue weighted by Crippen LogP contribution is 2.23. The predicted octanol–water partition coefficient (Wildman–Crippen LogP) is 4.00. The topological polar surface area (TPSA) is 26.0 Å². The van der Waals surface area contributed by atoms with Crippen LogP contribution in [0.5, 0.6) is 0 Å². The maximum Gasteiger partial charge on any atom is 0.194 e. The van der Waals surface area contributed by atoms with E-state index in [2.05, 4.69) is 0 Å². The Labute approximate surface area is 113 Å². The lowest BCUT2D eigenvalue weighted by atomic mass is 9.99. The number of hydrogen-bond donors (Lipinski definition) is 1. The Kier molecular flexibility index (Phi) is 4.12. The molecule has 0 heterocycles. The molecule has 0 saturated heterocycles. The monoisotopic (exact) mass is 285 g/mol. The Morgan fingerprint density at radius 1 is 1.05 bits per heavy atom. The summed E-state index contributed by atoms with van der Waals surface area (Å²) >= 11 is 5.83. The quantitative estimate of drug-likeness (QED) is 0.848. The molecule has 2 N–H and O–H groups in total. The third-order valence-corrected chi connectivity index (χ3v) is 3.04. The summed E-state index contributed by atoms with van der Waals surface area (Å²) in [5.41, 5.74) is 6.56. The van der Waals surface area contributed by atoms with Crippen LogP contribution < -0.4 is 5.73 Å². The fourth-order valence-electron chi connectivity index (χ4n) is 1.86. The molecule has 0 aromatic heterocycles. The van der Waals surface area contributed by atoms with Crippen LogP contribution in [0.2, 0.25) is 5.02 Å². The third kappa shape index (κ3) is 3.08. The van der Waals surface area contributed by atoms with Crippen LogP contribution in [-0.2, 0) is 6.42 Å². The normalized spacial score (nSPS) is 12.5. The van der Waals surface area contributed by atoms with Crippen LogP contribution in [-0.4, -0.2) is 0 Å². The van der Waals surface area contributed by atoms with Gasteiger partial charge in [0.2, 0.25) is 0 Å². The second-order valence-corrected chi connectivity index (χ2v) is 4.64. The lowest BCUT2D eigenvalue weighted by Gasteiger charge is -2.14. The highest BCUT2D eigenvalue weighted by Gasteiger charge is 2.18. The first-order chi connectivity index (χ1) is 8.99. The SMILES string of the molecule is NC(Cc1cccc(Cl)c1)c1ccc(F)c(F)c1F. The Morgan fingerprint density at radius 2 is 1.79 bits per heavy atom. The number of halogens is 4. The zero-order valence-electron chi connectivity index (χ0n) is 9.84. The van der Waals surface area contributed by atoms with Gasteiger partial charge in [0, 0.05) is 16.6 Å². The van der Waals surface area contributed by atoms with E-state index in [0.717, 1.165) is 17.7 Å². The minimum atomic E-state index is -1.50. The molecule has 5 heteroatoms. The maximum absolute atomic E-state index is 13.6. The van der Waals surface area contributed by atoms with Crippen molar-refractivity contribution in [2.24, 2.45) is 5.73 Å². The molecule has 100 valence electrons. The number of rotatable bonds is 3. The molecule has 0 radical (unpaired) electrons. The van der Waals surface area contributed by atoms with E-state index in [-0.39, 0.29) is 12.0 Å². The van der Waals surface area contributed by atoms with E-state index in [4.69, 9.17) is 17.3 Å². The van der Waals surface area contributed by atoms with Crippen molar-refractivity contribution in [2.45, 2.75) is 12.5 Å². The van der Waals surface area contributed by atoms with Gasteiger partial charge in [0.1, 0.15) is 0 Å². The van der Waals surface area contributed by atoms with Crippen molar-refractivity contribution >= 4 is 11.6 Å². The van der Waals surface area contributed by atoms with E-state index in [1.807, 2.05) is 0 Å². The summed E-state index contributed by atoms with van der Waals surface area (Å²) in [7, 11) is 0. The van der Waals surface area contributed by atoms with Gasteiger partial charge >= 0.3 is 0 Å². The molecule has 1 unspecified atom stereocenters. The molecule has 0 aliphatic carbocycles. The Morgan fingerprint density at radius 3 is 2.47 bits per heavy atom. The molecular formula is C14H11ClF3N. The Hall–Kier alpha value is -1.52. The van der Waals surface area contributed by atoms with Gasteiger partial charge in [-0.1, -0.05) is 29.8 Å². The average Bonchev–Trinajstić information content (AvgIpc) is 2.36. The molecule has 0 aliphatic heterocycles. The van der Waals surface area contributed by atoms with E-state index in [0.29, 0.717) is 5.02 Å². The molecule has 0 aliphatic rings. The first kappa shape index (κ1) is 13.9. The van der Waals surface area contributed by atoms with Crippen LogP contribution in [0.1, 0.15) is 17.2 Å². The lowest BCUT2D eigenvalue weighted by Crippen LogP contribution is -2.16. The zero-order valence-corrected chi connectivity index (χ0v) is 10.6. The smallest absolute Gasteiger partial charge is 0.194 e. The molecule has 0 spiro atoms. The average molecular weight is 286 g/mol. The van der Waals surface area contributed by atoms with E-state index >= 15 is 0 Å². The Bertz CT molecular complexity index is 601. The molecule has 0 fully saturated rings. The summed E-state index contributed by atoms with van der Waals surface area (Å²) in [6.45, 7) is 0. The van der Waals surface area contributed by atoms with Crippen LogP contribution in [0.3, 0.4) is 0 Å². The molecule has 1 atom stereocenters. The van der Waals surface area contributed by atoms with Gasteiger partial charge < -0.3 is 5.73 Å². The van der Waals surface area contributed by atoms with Gasteiger partial charge in [0.15, 0.2) is 17.5 Å². The summed E-state index contributed by atoms with van der Waals surface area (Å²) in [5.74, 6) is -3.97. The van der Waals surface area contributed by atoms with Gasteiger partial charge in [0.25, 0.3) is 0 Å². The van der Waals surface area contributed by atoms with E-state index in [1.54, 1.807) is 24.3 Å². The second kappa shape index (κ2) is 5.63. The van der Waals surface area contributed by atoms with Gasteiger partial charge in [-0.3, -0.25) is 0 Å². The standard InChI is InChI=1S/C14H11ClF3N/c15-9-3-1-2-8(6-9)7-12(19)10-4-5-11(16)14(18)13(10)17/h1-6,12H,7,19H2. The van der Waals surface area contributed by atoms with Crippen molar-refractivity contribution in [3.05, 3.63) is 70.0 Å². The van der Waals surface area contributed by atoms with Crippen molar-refractivity contribution < 1.29 is 13.2 Å². The fraction of sp³-hybridized carbons (Fsp3) is 0.143. The lowest BCUT2D eigenvalue weighted by molar-refractivity contribution is 0.435. The minimum Gasteiger partial charge on any atom is -0.324 e. The highest BCUT2D eigenvalue weighted by molar-refractivity contribution is 6.30. The van der Waals surface area contributed by atoms with Gasteiger partial charge in [-0.05, 0) is 30.2 Å². The zero-order chi connectivity index (χ0) is 14.0. The van der Waals surface area contributed by atoms with E-state index in [1.165, 1.54) is 0 Å². The third-order valence-electron chi connectivity index (χ3n) is 2.81. The first-order valence-corrected chi connectivity index (χ1v) is 6.00. The highest BCUT2D eigenvalue weighted by atomic mass is 35.5. The maximum atomic E-state index is 13.6. The van der Waals surface area contributed by atoms with Crippen molar-refractivity contribution in [2.75, 3.05) is 0 Å². The largest absolute Gasteiger partial charge is 0.324 e. The van der Waals surface area contributed by atoms with Crippen LogP contribution in [0, 0.1) is 17.5 Å². The van der Waals surface area contributed by atoms with Gasteiger partial charge in [-0.2, -0.15) is 0 Å². The van der Waals surface area contributed by atoms with Gasteiger partial charge in [-0.15, -0.1) is 0 Å². The minimum absolute atomic E-state index is 0.0566. The molecule has 0 bridgehead atoms. The van der Waals surface area contributed by atoms with Crippen LogP contribution in [0.25, 0.3) is 0 Å². The number of nitrogens with two attached hydrogens (primary N) is 1. The van der Waals surface area contributed by atoms with E-state index < -0.39 is 23.5 Å². The molecule has 2 aromatic rings.